The van der Waals surface area contributed by atoms with Gasteiger partial charge in [0.05, 0.1) is 7.11 Å². The zero-order valence-corrected chi connectivity index (χ0v) is 18.1. The molecule has 0 aliphatic heterocycles. The second-order valence-electron chi connectivity index (χ2n) is 7.69. The van der Waals surface area contributed by atoms with Gasteiger partial charge >= 0.3 is 5.97 Å². The Balaban J connectivity index is 2.05. The first-order chi connectivity index (χ1) is 14.1. The highest BCUT2D eigenvalue weighted by Crippen LogP contribution is 2.34. The summed E-state index contributed by atoms with van der Waals surface area (Å²) in [6, 6.07) is 15.4. The molecule has 1 fully saturated rings. The topological polar surface area (TPSA) is 48.3 Å². The first kappa shape index (κ1) is 19.9. The minimum atomic E-state index is -0.473. The van der Waals surface area contributed by atoms with E-state index >= 15 is 0 Å². The fourth-order valence-electron chi connectivity index (χ4n) is 4.43. The van der Waals surface area contributed by atoms with Crippen molar-refractivity contribution in [2.75, 3.05) is 7.11 Å². The van der Waals surface area contributed by atoms with Gasteiger partial charge in [-0.15, -0.1) is 0 Å². The van der Waals surface area contributed by atoms with E-state index in [4.69, 9.17) is 4.74 Å². The van der Waals surface area contributed by atoms with Gasteiger partial charge < -0.3 is 9.30 Å². The number of pyridine rings is 1. The maximum atomic E-state index is 13.5. The number of carbonyl (C=O) groups is 1. The van der Waals surface area contributed by atoms with Crippen LogP contribution in [0, 0.1) is 5.92 Å². The molecule has 1 aromatic heterocycles. The number of ether oxygens (including phenoxy) is 1. The van der Waals surface area contributed by atoms with Gasteiger partial charge in [-0.05, 0) is 47.9 Å². The molecule has 150 valence electrons. The molecule has 2 aromatic carbocycles. The van der Waals surface area contributed by atoms with Gasteiger partial charge in [0.15, 0.2) is 0 Å². The standard InChI is InChI=1S/C24H24BrNO3/c1-29-24(28)22-21(17-10-6-3-7-11-17)20-14-18(25)12-13-19(20)23(27)26(22)15-16-8-4-2-5-9-16/h3,6-7,10-14,16H,2,4-5,8-9,15H2,1H3. The summed E-state index contributed by atoms with van der Waals surface area (Å²) in [5.41, 5.74) is 1.87. The third kappa shape index (κ3) is 3.88. The quantitative estimate of drug-likeness (QED) is 0.469. The molecule has 29 heavy (non-hydrogen) atoms. The maximum absolute atomic E-state index is 13.5. The molecule has 1 heterocycles. The normalized spacial score (nSPS) is 14.8. The van der Waals surface area contributed by atoms with Crippen molar-refractivity contribution in [3.63, 3.8) is 0 Å². The lowest BCUT2D eigenvalue weighted by Gasteiger charge is -2.25. The van der Waals surface area contributed by atoms with Crippen molar-refractivity contribution in [2.45, 2.75) is 38.6 Å². The van der Waals surface area contributed by atoms with Crippen LogP contribution in [0.15, 0.2) is 57.8 Å². The summed E-state index contributed by atoms with van der Waals surface area (Å²) in [5.74, 6) is -0.0694. The number of nitrogens with zero attached hydrogens (tertiary/aromatic N) is 1. The summed E-state index contributed by atoms with van der Waals surface area (Å²) in [6.07, 6.45) is 5.78. The maximum Gasteiger partial charge on any atom is 0.355 e. The summed E-state index contributed by atoms with van der Waals surface area (Å²) < 4.78 is 7.68. The van der Waals surface area contributed by atoms with Crippen molar-refractivity contribution in [1.82, 2.24) is 4.57 Å². The fourth-order valence-corrected chi connectivity index (χ4v) is 4.79. The highest BCUT2D eigenvalue weighted by atomic mass is 79.9. The second-order valence-corrected chi connectivity index (χ2v) is 8.61. The van der Waals surface area contributed by atoms with E-state index in [9.17, 15) is 9.59 Å². The van der Waals surface area contributed by atoms with Crippen LogP contribution in [0.1, 0.15) is 42.6 Å². The second kappa shape index (κ2) is 8.54. The van der Waals surface area contributed by atoms with E-state index in [1.165, 1.54) is 26.4 Å². The molecule has 0 bridgehead atoms. The SMILES string of the molecule is COC(=O)c1c(-c2ccccc2)c2cc(Br)ccc2c(=O)n1CC1CCCCC1. The Morgan fingerprint density at radius 1 is 1.07 bits per heavy atom. The predicted molar refractivity (Wildman–Crippen MR) is 119 cm³/mol. The predicted octanol–water partition coefficient (Wildman–Crippen LogP) is 5.80. The lowest BCUT2D eigenvalue weighted by molar-refractivity contribution is 0.0586. The van der Waals surface area contributed by atoms with Crippen molar-refractivity contribution < 1.29 is 9.53 Å². The van der Waals surface area contributed by atoms with Crippen molar-refractivity contribution in [1.29, 1.82) is 0 Å². The number of aromatic nitrogens is 1. The Kier molecular flexibility index (Phi) is 5.86. The van der Waals surface area contributed by atoms with Crippen LogP contribution in [0.5, 0.6) is 0 Å². The van der Waals surface area contributed by atoms with Gasteiger partial charge in [0.25, 0.3) is 5.56 Å². The Morgan fingerprint density at radius 3 is 2.48 bits per heavy atom. The number of hydrogen-bond donors (Lipinski definition) is 0. The average Bonchev–Trinajstić information content (AvgIpc) is 2.76. The monoisotopic (exact) mass is 453 g/mol. The highest BCUT2D eigenvalue weighted by Gasteiger charge is 2.26. The van der Waals surface area contributed by atoms with E-state index in [1.807, 2.05) is 48.5 Å². The van der Waals surface area contributed by atoms with Crippen LogP contribution in [0.25, 0.3) is 21.9 Å². The Hall–Kier alpha value is -2.40. The number of hydrogen-bond acceptors (Lipinski definition) is 3. The van der Waals surface area contributed by atoms with Crippen LogP contribution < -0.4 is 5.56 Å². The molecular weight excluding hydrogens is 430 g/mol. The average molecular weight is 454 g/mol. The van der Waals surface area contributed by atoms with Crippen molar-refractivity contribution in [3.05, 3.63) is 69.1 Å². The van der Waals surface area contributed by atoms with Crippen LogP contribution in [0.4, 0.5) is 0 Å². The van der Waals surface area contributed by atoms with Gasteiger partial charge in [0.1, 0.15) is 5.69 Å². The van der Waals surface area contributed by atoms with E-state index in [2.05, 4.69) is 15.9 Å². The molecule has 0 unspecified atom stereocenters. The molecule has 3 aromatic rings. The van der Waals surface area contributed by atoms with Crippen molar-refractivity contribution in [2.24, 2.45) is 5.92 Å². The third-order valence-electron chi connectivity index (χ3n) is 5.84. The molecule has 1 aliphatic carbocycles. The van der Waals surface area contributed by atoms with Crippen molar-refractivity contribution in [3.8, 4) is 11.1 Å². The molecule has 1 aliphatic rings. The first-order valence-corrected chi connectivity index (χ1v) is 10.9. The summed E-state index contributed by atoms with van der Waals surface area (Å²) in [4.78, 5) is 26.4. The molecule has 0 saturated heterocycles. The third-order valence-corrected chi connectivity index (χ3v) is 6.33. The molecule has 0 N–H and O–H groups in total. The lowest BCUT2D eigenvalue weighted by atomic mass is 9.88. The number of benzene rings is 2. The van der Waals surface area contributed by atoms with Gasteiger partial charge in [-0.3, -0.25) is 4.79 Å². The Labute approximate surface area is 178 Å². The number of halogens is 1. The number of esters is 1. The largest absolute Gasteiger partial charge is 0.464 e. The number of rotatable bonds is 4. The van der Waals surface area contributed by atoms with Crippen LogP contribution >= 0.6 is 15.9 Å². The summed E-state index contributed by atoms with van der Waals surface area (Å²) >= 11 is 3.52. The molecule has 0 atom stereocenters. The number of carbonyl (C=O) groups excluding carboxylic acids is 1. The Morgan fingerprint density at radius 2 is 1.79 bits per heavy atom. The van der Waals surface area contributed by atoms with Gasteiger partial charge in [-0.1, -0.05) is 65.5 Å². The number of fused-ring (bicyclic) bond motifs is 1. The lowest BCUT2D eigenvalue weighted by Crippen LogP contribution is -2.31. The van der Waals surface area contributed by atoms with E-state index in [0.29, 0.717) is 23.5 Å². The molecule has 1 saturated carbocycles. The smallest absolute Gasteiger partial charge is 0.355 e. The zero-order chi connectivity index (χ0) is 20.4. The summed E-state index contributed by atoms with van der Waals surface area (Å²) in [6.45, 7) is 0.551. The van der Waals surface area contributed by atoms with E-state index in [1.54, 1.807) is 4.57 Å². The highest BCUT2D eigenvalue weighted by molar-refractivity contribution is 9.10. The van der Waals surface area contributed by atoms with Crippen molar-refractivity contribution >= 4 is 32.7 Å². The van der Waals surface area contributed by atoms with Gasteiger partial charge in [-0.25, -0.2) is 4.79 Å². The van der Waals surface area contributed by atoms with Gasteiger partial charge in [-0.2, -0.15) is 0 Å². The minimum Gasteiger partial charge on any atom is -0.464 e. The summed E-state index contributed by atoms with van der Waals surface area (Å²) in [5, 5.41) is 1.38. The molecule has 4 nitrogen and oxygen atoms in total. The molecule has 4 rings (SSSR count). The molecule has 5 heteroatoms. The van der Waals surface area contributed by atoms with Gasteiger partial charge in [0, 0.05) is 22.0 Å². The number of methoxy groups -OCH3 is 1. The van der Waals surface area contributed by atoms with E-state index in [-0.39, 0.29) is 5.56 Å². The minimum absolute atomic E-state index is 0.127. The van der Waals surface area contributed by atoms with Crippen LogP contribution in [0.2, 0.25) is 0 Å². The van der Waals surface area contributed by atoms with Crippen LogP contribution in [0.3, 0.4) is 0 Å². The van der Waals surface area contributed by atoms with E-state index in [0.717, 1.165) is 33.8 Å². The Bertz CT molecular complexity index is 1100. The van der Waals surface area contributed by atoms with Crippen LogP contribution in [-0.2, 0) is 11.3 Å². The molecular formula is C24H24BrNO3. The molecule has 0 spiro atoms. The zero-order valence-electron chi connectivity index (χ0n) is 16.5. The summed E-state index contributed by atoms with van der Waals surface area (Å²) in [7, 11) is 1.37. The molecule has 0 radical (unpaired) electrons. The first-order valence-electron chi connectivity index (χ1n) is 10.1. The van der Waals surface area contributed by atoms with Gasteiger partial charge in [0.2, 0.25) is 0 Å². The van der Waals surface area contributed by atoms with Crippen LogP contribution in [-0.4, -0.2) is 17.6 Å². The molecule has 0 amide bonds. The fraction of sp³-hybridized carbons (Fsp3) is 0.333. The van der Waals surface area contributed by atoms with E-state index < -0.39 is 5.97 Å².